The first-order valence-electron chi connectivity index (χ1n) is 9.22. The fraction of sp³-hybridized carbons (Fsp3) is 0.700. The van der Waals surface area contributed by atoms with E-state index in [0.717, 1.165) is 19.3 Å². The van der Waals surface area contributed by atoms with Crippen LogP contribution in [0.25, 0.3) is 0 Å². The van der Waals surface area contributed by atoms with Crippen molar-refractivity contribution in [3.05, 3.63) is 35.4 Å². The molecule has 0 radical (unpaired) electrons. The summed E-state index contributed by atoms with van der Waals surface area (Å²) in [5.41, 5.74) is 8.19. The van der Waals surface area contributed by atoms with Crippen molar-refractivity contribution in [1.29, 1.82) is 0 Å². The zero-order valence-corrected chi connectivity index (χ0v) is 14.8. The third-order valence-electron chi connectivity index (χ3n) is 4.66. The zero-order chi connectivity index (χ0) is 17.0. The van der Waals surface area contributed by atoms with Crippen LogP contribution >= 0.6 is 0 Å². The molecule has 3 nitrogen and oxygen atoms in total. The van der Waals surface area contributed by atoms with E-state index in [2.05, 4.69) is 31.2 Å². The van der Waals surface area contributed by atoms with Crippen LogP contribution in [0.2, 0.25) is 0 Å². The fourth-order valence-corrected chi connectivity index (χ4v) is 2.96. The van der Waals surface area contributed by atoms with Gasteiger partial charge in [-0.1, -0.05) is 56.9 Å². The zero-order valence-electron chi connectivity index (χ0n) is 14.8. The highest BCUT2D eigenvalue weighted by Crippen LogP contribution is 2.17. The second kappa shape index (κ2) is 11.6. The largest absolute Gasteiger partial charge is 0.396 e. The standard InChI is InChI=1S/C20H35NO2/c1-2-3-4-5-6-8-18-10-12-19(13-11-18)9-7-14-20(21,17-23)15-16-22/h10-13,22-23H,2-9,14-17,21H2,1H3. The number of benzene rings is 1. The topological polar surface area (TPSA) is 66.5 Å². The van der Waals surface area contributed by atoms with Crippen LogP contribution in [0, 0.1) is 0 Å². The molecule has 0 aliphatic heterocycles. The van der Waals surface area contributed by atoms with Gasteiger partial charge in [-0.05, 0) is 49.7 Å². The Balaban J connectivity index is 2.28. The molecule has 1 aromatic rings. The SMILES string of the molecule is CCCCCCCc1ccc(CCCC(N)(CO)CCO)cc1. The second-order valence-electron chi connectivity index (χ2n) is 6.83. The Morgan fingerprint density at radius 3 is 1.91 bits per heavy atom. The van der Waals surface area contributed by atoms with Crippen molar-refractivity contribution in [2.45, 2.75) is 76.7 Å². The van der Waals surface area contributed by atoms with Crippen molar-refractivity contribution < 1.29 is 10.2 Å². The number of rotatable bonds is 13. The first kappa shape index (κ1) is 20.1. The Hall–Kier alpha value is -0.900. The quantitative estimate of drug-likeness (QED) is 0.486. The highest BCUT2D eigenvalue weighted by Gasteiger charge is 2.22. The first-order valence-corrected chi connectivity index (χ1v) is 9.22. The van der Waals surface area contributed by atoms with Crippen LogP contribution in [-0.4, -0.2) is 29.0 Å². The monoisotopic (exact) mass is 321 g/mol. The molecule has 0 aliphatic carbocycles. The molecule has 0 saturated heterocycles. The van der Waals surface area contributed by atoms with Crippen molar-refractivity contribution in [2.24, 2.45) is 5.73 Å². The molecule has 132 valence electrons. The molecule has 0 fully saturated rings. The Labute approximate surface area is 141 Å². The van der Waals surface area contributed by atoms with E-state index in [4.69, 9.17) is 10.8 Å². The van der Waals surface area contributed by atoms with E-state index in [1.165, 1.54) is 49.7 Å². The normalized spacial score (nSPS) is 13.9. The van der Waals surface area contributed by atoms with Crippen molar-refractivity contribution in [3.8, 4) is 0 Å². The maximum atomic E-state index is 9.35. The summed E-state index contributed by atoms with van der Waals surface area (Å²) in [7, 11) is 0. The number of hydrogen-bond acceptors (Lipinski definition) is 3. The van der Waals surface area contributed by atoms with Gasteiger partial charge in [0.1, 0.15) is 0 Å². The van der Waals surface area contributed by atoms with E-state index >= 15 is 0 Å². The minimum Gasteiger partial charge on any atom is -0.396 e. The minimum absolute atomic E-state index is 0.0318. The smallest absolute Gasteiger partial charge is 0.0612 e. The average molecular weight is 322 g/mol. The molecule has 4 N–H and O–H groups in total. The van der Waals surface area contributed by atoms with Crippen molar-refractivity contribution >= 4 is 0 Å². The molecule has 1 unspecified atom stereocenters. The Morgan fingerprint density at radius 1 is 0.826 bits per heavy atom. The molecule has 1 rings (SSSR count). The van der Waals surface area contributed by atoms with Gasteiger partial charge in [0, 0.05) is 12.1 Å². The summed E-state index contributed by atoms with van der Waals surface area (Å²) < 4.78 is 0. The summed E-state index contributed by atoms with van der Waals surface area (Å²) in [6.07, 6.45) is 10.9. The van der Waals surface area contributed by atoms with E-state index in [0.29, 0.717) is 6.42 Å². The van der Waals surface area contributed by atoms with Crippen LogP contribution in [0.5, 0.6) is 0 Å². The third-order valence-corrected chi connectivity index (χ3v) is 4.66. The van der Waals surface area contributed by atoms with Gasteiger partial charge in [0.25, 0.3) is 0 Å². The van der Waals surface area contributed by atoms with E-state index in [9.17, 15) is 5.11 Å². The molecule has 0 heterocycles. The van der Waals surface area contributed by atoms with E-state index in [-0.39, 0.29) is 13.2 Å². The number of aryl methyl sites for hydroxylation is 2. The van der Waals surface area contributed by atoms with Gasteiger partial charge in [-0.15, -0.1) is 0 Å². The van der Waals surface area contributed by atoms with Crippen LogP contribution < -0.4 is 5.73 Å². The average Bonchev–Trinajstić information content (AvgIpc) is 2.56. The van der Waals surface area contributed by atoms with Gasteiger partial charge in [0.2, 0.25) is 0 Å². The maximum Gasteiger partial charge on any atom is 0.0612 e. The van der Waals surface area contributed by atoms with Gasteiger partial charge >= 0.3 is 0 Å². The summed E-state index contributed by atoms with van der Waals surface area (Å²) in [4.78, 5) is 0. The van der Waals surface area contributed by atoms with Crippen molar-refractivity contribution in [3.63, 3.8) is 0 Å². The Kier molecular flexibility index (Phi) is 10.2. The number of hydrogen-bond donors (Lipinski definition) is 3. The molecule has 23 heavy (non-hydrogen) atoms. The molecule has 0 saturated carbocycles. The van der Waals surface area contributed by atoms with Crippen LogP contribution in [0.15, 0.2) is 24.3 Å². The second-order valence-corrected chi connectivity index (χ2v) is 6.83. The predicted octanol–water partition coefficient (Wildman–Crippen LogP) is 3.59. The first-order chi connectivity index (χ1) is 11.1. The van der Waals surface area contributed by atoms with E-state index in [1.54, 1.807) is 0 Å². The fourth-order valence-electron chi connectivity index (χ4n) is 2.96. The van der Waals surface area contributed by atoms with Gasteiger partial charge in [0.15, 0.2) is 0 Å². The molecule has 3 heteroatoms. The molecule has 0 aromatic heterocycles. The lowest BCUT2D eigenvalue weighted by Crippen LogP contribution is -2.44. The highest BCUT2D eigenvalue weighted by molar-refractivity contribution is 5.22. The Morgan fingerprint density at radius 2 is 1.39 bits per heavy atom. The molecular weight excluding hydrogens is 286 g/mol. The molecule has 0 spiro atoms. The van der Waals surface area contributed by atoms with Gasteiger partial charge in [-0.3, -0.25) is 0 Å². The van der Waals surface area contributed by atoms with Gasteiger partial charge in [-0.2, -0.15) is 0 Å². The third kappa shape index (κ3) is 8.50. The highest BCUT2D eigenvalue weighted by atomic mass is 16.3. The summed E-state index contributed by atoms with van der Waals surface area (Å²) in [5.74, 6) is 0. The molecule has 0 amide bonds. The maximum absolute atomic E-state index is 9.35. The summed E-state index contributed by atoms with van der Waals surface area (Å²) >= 11 is 0. The van der Waals surface area contributed by atoms with Crippen molar-refractivity contribution in [1.82, 2.24) is 0 Å². The molecule has 1 atom stereocenters. The van der Waals surface area contributed by atoms with Crippen LogP contribution in [0.3, 0.4) is 0 Å². The Bertz CT molecular complexity index is 405. The van der Waals surface area contributed by atoms with Crippen LogP contribution in [-0.2, 0) is 12.8 Å². The molecular formula is C20H35NO2. The minimum atomic E-state index is -0.632. The lowest BCUT2D eigenvalue weighted by atomic mass is 9.90. The van der Waals surface area contributed by atoms with E-state index < -0.39 is 5.54 Å². The summed E-state index contributed by atoms with van der Waals surface area (Å²) in [6, 6.07) is 8.91. The predicted molar refractivity (Wildman–Crippen MR) is 97.6 cm³/mol. The van der Waals surface area contributed by atoms with Crippen LogP contribution in [0.4, 0.5) is 0 Å². The number of unbranched alkanes of at least 4 members (excludes halogenated alkanes) is 4. The lowest BCUT2D eigenvalue weighted by Gasteiger charge is -2.26. The lowest BCUT2D eigenvalue weighted by molar-refractivity contribution is 0.147. The summed E-state index contributed by atoms with van der Waals surface area (Å²) in [6.45, 7) is 2.21. The number of nitrogens with two attached hydrogens (primary N) is 1. The molecule has 0 bridgehead atoms. The molecule has 1 aromatic carbocycles. The van der Waals surface area contributed by atoms with Crippen LogP contribution in [0.1, 0.15) is 69.4 Å². The number of aliphatic hydroxyl groups excluding tert-OH is 2. The summed E-state index contributed by atoms with van der Waals surface area (Å²) in [5, 5.41) is 18.4. The van der Waals surface area contributed by atoms with Crippen molar-refractivity contribution in [2.75, 3.05) is 13.2 Å². The van der Waals surface area contributed by atoms with Gasteiger partial charge in [0.05, 0.1) is 6.61 Å². The molecule has 0 aliphatic rings. The van der Waals surface area contributed by atoms with Gasteiger partial charge < -0.3 is 15.9 Å². The van der Waals surface area contributed by atoms with E-state index in [1.807, 2.05) is 0 Å². The number of aliphatic hydroxyl groups is 2. The van der Waals surface area contributed by atoms with Gasteiger partial charge in [-0.25, -0.2) is 0 Å².